The fourth-order valence-electron chi connectivity index (χ4n) is 2.12. The first-order chi connectivity index (χ1) is 8.74. The Kier molecular flexibility index (Phi) is 5.92. The van der Waals surface area contributed by atoms with Crippen molar-refractivity contribution in [1.29, 1.82) is 0 Å². The second-order valence-corrected chi connectivity index (χ2v) is 4.35. The van der Waals surface area contributed by atoms with E-state index in [2.05, 4.69) is 10.6 Å². The third-order valence-electron chi connectivity index (χ3n) is 3.23. The van der Waals surface area contributed by atoms with Crippen molar-refractivity contribution >= 4 is 24.1 Å². The summed E-state index contributed by atoms with van der Waals surface area (Å²) in [4.78, 5) is 13.9. The van der Waals surface area contributed by atoms with Gasteiger partial charge in [-0.3, -0.25) is 0 Å². The van der Waals surface area contributed by atoms with Crippen LogP contribution in [-0.4, -0.2) is 44.2 Å². The second kappa shape index (κ2) is 7.21. The van der Waals surface area contributed by atoms with Crippen molar-refractivity contribution in [2.45, 2.75) is 12.5 Å². The summed E-state index contributed by atoms with van der Waals surface area (Å²) < 4.78 is 5.21. The maximum absolute atomic E-state index is 12.1. The molecule has 106 valence electrons. The molecule has 2 N–H and O–H groups in total. The van der Waals surface area contributed by atoms with Crippen molar-refractivity contribution in [3.8, 4) is 5.75 Å². The second-order valence-electron chi connectivity index (χ2n) is 4.35. The summed E-state index contributed by atoms with van der Waals surface area (Å²) in [5.41, 5.74) is 0.706. The van der Waals surface area contributed by atoms with Crippen LogP contribution in [0.25, 0.3) is 0 Å². The summed E-state index contributed by atoms with van der Waals surface area (Å²) in [5, 5.41) is 6.07. The summed E-state index contributed by atoms with van der Waals surface area (Å²) in [6, 6.07) is 7.74. The molecular weight excluding hydrogens is 266 g/mol. The number of likely N-dealkylation sites (N-methyl/N-ethyl adjacent to an activating group) is 1. The molecule has 2 rings (SSSR count). The number of ether oxygens (including phenoxy) is 1. The number of likely N-dealkylation sites (tertiary alicyclic amines) is 1. The van der Waals surface area contributed by atoms with E-state index in [1.54, 1.807) is 7.11 Å². The van der Waals surface area contributed by atoms with E-state index in [1.807, 2.05) is 36.2 Å². The molecule has 1 aliphatic rings. The molecular formula is C13H20ClN3O2. The average molecular weight is 286 g/mol. The molecule has 1 aromatic carbocycles. The molecule has 1 saturated heterocycles. The Morgan fingerprint density at radius 3 is 2.79 bits per heavy atom. The highest BCUT2D eigenvalue weighted by Crippen LogP contribution is 2.23. The van der Waals surface area contributed by atoms with E-state index >= 15 is 0 Å². The van der Waals surface area contributed by atoms with Crippen LogP contribution in [0.5, 0.6) is 5.75 Å². The number of amides is 2. The minimum absolute atomic E-state index is 0. The van der Waals surface area contributed by atoms with Gasteiger partial charge < -0.3 is 20.3 Å². The van der Waals surface area contributed by atoms with Crippen molar-refractivity contribution in [2.24, 2.45) is 0 Å². The van der Waals surface area contributed by atoms with Gasteiger partial charge in [0.15, 0.2) is 0 Å². The fourth-order valence-corrected chi connectivity index (χ4v) is 2.12. The predicted octanol–water partition coefficient (Wildman–Crippen LogP) is 1.94. The van der Waals surface area contributed by atoms with Crippen LogP contribution in [0.15, 0.2) is 24.3 Å². The summed E-state index contributed by atoms with van der Waals surface area (Å²) in [5.74, 6) is 0.676. The first-order valence-electron chi connectivity index (χ1n) is 6.11. The predicted molar refractivity (Wildman–Crippen MR) is 78.3 cm³/mol. The zero-order valence-corrected chi connectivity index (χ0v) is 12.0. The molecule has 0 saturated carbocycles. The monoisotopic (exact) mass is 285 g/mol. The molecule has 1 fully saturated rings. The number of rotatable bonds is 3. The fraction of sp³-hybridized carbons (Fsp3) is 0.462. The van der Waals surface area contributed by atoms with Gasteiger partial charge >= 0.3 is 6.03 Å². The lowest BCUT2D eigenvalue weighted by atomic mass is 10.3. The molecule has 0 aromatic heterocycles. The third-order valence-corrected chi connectivity index (χ3v) is 3.23. The number of hydrogen-bond donors (Lipinski definition) is 2. The highest BCUT2D eigenvalue weighted by molar-refractivity contribution is 5.91. The first kappa shape index (κ1) is 15.6. The molecule has 19 heavy (non-hydrogen) atoms. The van der Waals surface area contributed by atoms with Crippen LogP contribution in [-0.2, 0) is 0 Å². The Morgan fingerprint density at radius 2 is 2.16 bits per heavy atom. The first-order valence-corrected chi connectivity index (χ1v) is 6.11. The smallest absolute Gasteiger partial charge is 0.322 e. The maximum atomic E-state index is 12.1. The Labute approximate surface area is 119 Å². The van der Waals surface area contributed by atoms with Crippen LogP contribution in [0.4, 0.5) is 10.5 Å². The standard InChI is InChI=1S/C13H19N3O2.ClH/c1-14-10-7-8-16(9-10)13(17)15-11-5-3-4-6-12(11)18-2;/h3-6,10,14H,7-9H2,1-2H3,(H,15,17);1H/t10-;/m0./s1. The quantitative estimate of drug-likeness (QED) is 0.892. The molecule has 0 radical (unpaired) electrons. The molecule has 1 aromatic rings. The molecule has 0 unspecified atom stereocenters. The molecule has 6 heteroatoms. The summed E-state index contributed by atoms with van der Waals surface area (Å²) in [6.45, 7) is 1.53. The van der Waals surface area contributed by atoms with Gasteiger partial charge in [0.2, 0.25) is 0 Å². The van der Waals surface area contributed by atoms with Crippen molar-refractivity contribution in [3.05, 3.63) is 24.3 Å². The van der Waals surface area contributed by atoms with E-state index in [9.17, 15) is 4.79 Å². The Morgan fingerprint density at radius 1 is 1.42 bits per heavy atom. The van der Waals surface area contributed by atoms with Gasteiger partial charge in [0, 0.05) is 19.1 Å². The lowest BCUT2D eigenvalue weighted by Crippen LogP contribution is -2.36. The van der Waals surface area contributed by atoms with Gasteiger partial charge in [0.05, 0.1) is 12.8 Å². The van der Waals surface area contributed by atoms with Crippen molar-refractivity contribution in [2.75, 3.05) is 32.6 Å². The molecule has 0 spiro atoms. The molecule has 0 bridgehead atoms. The van der Waals surface area contributed by atoms with E-state index in [4.69, 9.17) is 4.74 Å². The van der Waals surface area contributed by atoms with Gasteiger partial charge in [-0.05, 0) is 25.6 Å². The molecule has 2 amide bonds. The number of urea groups is 1. The minimum atomic E-state index is -0.0720. The molecule has 5 nitrogen and oxygen atoms in total. The zero-order valence-electron chi connectivity index (χ0n) is 11.2. The largest absolute Gasteiger partial charge is 0.495 e. The van der Waals surface area contributed by atoms with E-state index in [-0.39, 0.29) is 18.4 Å². The number of benzene rings is 1. The molecule has 1 atom stereocenters. The minimum Gasteiger partial charge on any atom is -0.495 e. The highest BCUT2D eigenvalue weighted by atomic mass is 35.5. The summed E-state index contributed by atoms with van der Waals surface area (Å²) in [6.07, 6.45) is 0.996. The number of carbonyl (C=O) groups excluding carboxylic acids is 1. The van der Waals surface area contributed by atoms with Gasteiger partial charge in [0.25, 0.3) is 0 Å². The van der Waals surface area contributed by atoms with E-state index < -0.39 is 0 Å². The number of halogens is 1. The topological polar surface area (TPSA) is 53.6 Å². The third kappa shape index (κ3) is 3.75. The Bertz CT molecular complexity index is 428. The van der Waals surface area contributed by atoms with E-state index in [0.29, 0.717) is 17.5 Å². The highest BCUT2D eigenvalue weighted by Gasteiger charge is 2.25. The maximum Gasteiger partial charge on any atom is 0.322 e. The van der Waals surface area contributed by atoms with Crippen molar-refractivity contribution in [1.82, 2.24) is 10.2 Å². The number of para-hydroxylation sites is 2. The molecule has 0 aliphatic carbocycles. The zero-order chi connectivity index (χ0) is 13.0. The normalized spacial score (nSPS) is 17.8. The van der Waals surface area contributed by atoms with Gasteiger partial charge in [-0.15, -0.1) is 12.4 Å². The number of nitrogens with one attached hydrogen (secondary N) is 2. The van der Waals surface area contributed by atoms with Crippen LogP contribution in [0.1, 0.15) is 6.42 Å². The molecule has 1 heterocycles. The Balaban J connectivity index is 0.00000180. The van der Waals surface area contributed by atoms with Crippen LogP contribution < -0.4 is 15.4 Å². The van der Waals surface area contributed by atoms with Crippen LogP contribution in [0.2, 0.25) is 0 Å². The number of carbonyl (C=O) groups is 1. The lowest BCUT2D eigenvalue weighted by molar-refractivity contribution is 0.221. The number of nitrogens with zero attached hydrogens (tertiary/aromatic N) is 1. The van der Waals surface area contributed by atoms with Gasteiger partial charge in [-0.25, -0.2) is 4.79 Å². The number of anilines is 1. The SMILES string of the molecule is CN[C@H]1CCN(C(=O)Nc2ccccc2OC)C1.Cl. The molecule has 1 aliphatic heterocycles. The van der Waals surface area contributed by atoms with E-state index in [0.717, 1.165) is 19.5 Å². The Hall–Kier alpha value is -1.46. The lowest BCUT2D eigenvalue weighted by Gasteiger charge is -2.18. The van der Waals surface area contributed by atoms with Gasteiger partial charge in [-0.2, -0.15) is 0 Å². The van der Waals surface area contributed by atoms with E-state index in [1.165, 1.54) is 0 Å². The van der Waals surface area contributed by atoms with Crippen LogP contribution >= 0.6 is 12.4 Å². The van der Waals surface area contributed by atoms with Gasteiger partial charge in [-0.1, -0.05) is 12.1 Å². The van der Waals surface area contributed by atoms with Crippen molar-refractivity contribution < 1.29 is 9.53 Å². The van der Waals surface area contributed by atoms with Crippen LogP contribution in [0, 0.1) is 0 Å². The average Bonchev–Trinajstić information content (AvgIpc) is 2.88. The number of hydrogen-bond acceptors (Lipinski definition) is 3. The summed E-state index contributed by atoms with van der Waals surface area (Å²) in [7, 11) is 3.52. The summed E-state index contributed by atoms with van der Waals surface area (Å²) >= 11 is 0. The van der Waals surface area contributed by atoms with Gasteiger partial charge in [0.1, 0.15) is 5.75 Å². The van der Waals surface area contributed by atoms with Crippen molar-refractivity contribution in [3.63, 3.8) is 0 Å². The van der Waals surface area contributed by atoms with Crippen LogP contribution in [0.3, 0.4) is 0 Å². The number of methoxy groups -OCH3 is 1.